The van der Waals surface area contributed by atoms with Crippen molar-refractivity contribution in [3.8, 4) is 0 Å². The van der Waals surface area contributed by atoms with Gasteiger partial charge in [-0.3, -0.25) is 4.79 Å². The van der Waals surface area contributed by atoms with E-state index in [1.807, 2.05) is 35.8 Å². The summed E-state index contributed by atoms with van der Waals surface area (Å²) in [6.07, 6.45) is 3.26. The zero-order chi connectivity index (χ0) is 16.4. The van der Waals surface area contributed by atoms with Gasteiger partial charge in [0, 0.05) is 17.1 Å². The Hall–Kier alpha value is -2.66. The molecule has 4 nitrogen and oxygen atoms in total. The second-order valence-electron chi connectivity index (χ2n) is 5.74. The normalized spacial score (nSPS) is 12.9. The molecule has 1 aromatic carbocycles. The summed E-state index contributed by atoms with van der Waals surface area (Å²) in [4.78, 5) is 19.7. The smallest absolute Gasteiger partial charge is 0.230 e. The number of nitrogens with zero attached hydrogens (tertiary/aromatic N) is 2. The Balaban J connectivity index is 1.45. The highest BCUT2D eigenvalue weighted by Crippen LogP contribution is 2.33. The summed E-state index contributed by atoms with van der Waals surface area (Å²) in [7, 11) is 0. The van der Waals surface area contributed by atoms with Crippen LogP contribution in [0.2, 0.25) is 0 Å². The minimum Gasteiger partial charge on any atom is -0.340 e. The first-order chi connectivity index (χ1) is 11.8. The first-order valence-corrected chi connectivity index (χ1v) is 8.81. The number of pyridine rings is 1. The fourth-order valence-electron chi connectivity index (χ4n) is 2.98. The monoisotopic (exact) mass is 335 g/mol. The number of benzene rings is 1. The van der Waals surface area contributed by atoms with Gasteiger partial charge in [0.05, 0.1) is 18.3 Å². The molecule has 1 aliphatic heterocycles. The van der Waals surface area contributed by atoms with Crippen molar-refractivity contribution in [3.63, 3.8) is 0 Å². The van der Waals surface area contributed by atoms with Crippen LogP contribution >= 0.6 is 11.3 Å². The quantitative estimate of drug-likeness (QED) is 0.783. The number of anilines is 3. The van der Waals surface area contributed by atoms with Crippen LogP contribution in [-0.4, -0.2) is 17.4 Å². The van der Waals surface area contributed by atoms with E-state index in [0.29, 0.717) is 12.2 Å². The van der Waals surface area contributed by atoms with Gasteiger partial charge in [-0.05, 0) is 41.6 Å². The van der Waals surface area contributed by atoms with Gasteiger partial charge in [-0.15, -0.1) is 11.3 Å². The van der Waals surface area contributed by atoms with Crippen LogP contribution in [-0.2, 0) is 17.6 Å². The van der Waals surface area contributed by atoms with Crippen LogP contribution in [0.4, 0.5) is 17.2 Å². The molecule has 1 amide bonds. The van der Waals surface area contributed by atoms with Gasteiger partial charge in [-0.25, -0.2) is 4.98 Å². The Morgan fingerprint density at radius 3 is 2.88 bits per heavy atom. The average Bonchev–Trinajstić information content (AvgIpc) is 3.25. The summed E-state index contributed by atoms with van der Waals surface area (Å²) < 4.78 is 0. The Morgan fingerprint density at radius 1 is 1.17 bits per heavy atom. The molecular weight excluding hydrogens is 318 g/mol. The van der Waals surface area contributed by atoms with Crippen LogP contribution in [0.5, 0.6) is 0 Å². The molecule has 4 rings (SSSR count). The third kappa shape index (κ3) is 3.03. The molecule has 24 heavy (non-hydrogen) atoms. The predicted molar refractivity (Wildman–Crippen MR) is 98.0 cm³/mol. The van der Waals surface area contributed by atoms with Crippen LogP contribution in [0.25, 0.3) is 0 Å². The van der Waals surface area contributed by atoms with Crippen LogP contribution < -0.4 is 10.2 Å². The largest absolute Gasteiger partial charge is 0.340 e. The van der Waals surface area contributed by atoms with Gasteiger partial charge in [0.15, 0.2) is 0 Å². The molecule has 0 bridgehead atoms. The van der Waals surface area contributed by atoms with Gasteiger partial charge >= 0.3 is 0 Å². The second kappa shape index (κ2) is 6.45. The first-order valence-electron chi connectivity index (χ1n) is 7.93. The fraction of sp³-hybridized carbons (Fsp3) is 0.158. The van der Waals surface area contributed by atoms with E-state index < -0.39 is 0 Å². The summed E-state index contributed by atoms with van der Waals surface area (Å²) in [5.74, 6) is 0.553. The Kier molecular flexibility index (Phi) is 4.01. The molecule has 5 heteroatoms. The Labute approximate surface area is 144 Å². The molecule has 2 aromatic heterocycles. The minimum absolute atomic E-state index is 0.0378. The van der Waals surface area contributed by atoms with Crippen molar-refractivity contribution in [1.29, 1.82) is 0 Å². The summed E-state index contributed by atoms with van der Waals surface area (Å²) in [6, 6.07) is 16.2. The average molecular weight is 335 g/mol. The molecule has 0 saturated carbocycles. The number of rotatable bonds is 4. The summed E-state index contributed by atoms with van der Waals surface area (Å²) in [6.45, 7) is 0.963. The van der Waals surface area contributed by atoms with Crippen LogP contribution in [0, 0.1) is 0 Å². The molecule has 0 saturated heterocycles. The highest BCUT2D eigenvalue weighted by Gasteiger charge is 2.19. The number of para-hydroxylation sites is 1. The third-order valence-electron chi connectivity index (χ3n) is 4.13. The minimum atomic E-state index is -0.0378. The molecule has 0 spiro atoms. The van der Waals surface area contributed by atoms with Crippen molar-refractivity contribution in [1.82, 2.24) is 4.98 Å². The number of fused-ring (bicyclic) bond motifs is 1. The van der Waals surface area contributed by atoms with Gasteiger partial charge in [-0.2, -0.15) is 0 Å². The zero-order valence-corrected chi connectivity index (χ0v) is 13.9. The molecule has 0 aliphatic carbocycles. The maximum absolute atomic E-state index is 12.0. The van der Waals surface area contributed by atoms with Crippen LogP contribution in [0.15, 0.2) is 60.1 Å². The molecule has 0 fully saturated rings. The predicted octanol–water partition coefficient (Wildman–Crippen LogP) is 4.02. The molecule has 0 atom stereocenters. The molecule has 120 valence electrons. The number of nitrogens with one attached hydrogen (secondary N) is 1. The van der Waals surface area contributed by atoms with Crippen molar-refractivity contribution in [2.75, 3.05) is 16.8 Å². The van der Waals surface area contributed by atoms with Gasteiger partial charge in [0.2, 0.25) is 5.91 Å². The van der Waals surface area contributed by atoms with Gasteiger partial charge in [0.25, 0.3) is 0 Å². The number of carbonyl (C=O) groups is 1. The highest BCUT2D eigenvalue weighted by atomic mass is 32.1. The standard InChI is InChI=1S/C19H17N3OS/c23-19(12-16-5-3-11-24-16)21-18-8-7-15(13-20-18)22-10-9-14-4-1-2-6-17(14)22/h1-8,11,13H,9-10,12H2,(H,20,21,23). The Bertz CT molecular complexity index is 843. The van der Waals surface area contributed by atoms with E-state index in [-0.39, 0.29) is 5.91 Å². The lowest BCUT2D eigenvalue weighted by molar-refractivity contribution is -0.115. The fourth-order valence-corrected chi connectivity index (χ4v) is 3.69. The maximum Gasteiger partial charge on any atom is 0.230 e. The molecule has 0 unspecified atom stereocenters. The van der Waals surface area contributed by atoms with Gasteiger partial charge in [0.1, 0.15) is 5.82 Å². The molecule has 1 N–H and O–H groups in total. The van der Waals surface area contributed by atoms with E-state index in [1.54, 1.807) is 11.3 Å². The highest BCUT2D eigenvalue weighted by molar-refractivity contribution is 7.10. The number of hydrogen-bond acceptors (Lipinski definition) is 4. The third-order valence-corrected chi connectivity index (χ3v) is 5.01. The SMILES string of the molecule is O=C(Cc1cccs1)Nc1ccc(N2CCc3ccccc32)cn1. The lowest BCUT2D eigenvalue weighted by atomic mass is 10.2. The molecule has 3 heterocycles. The second-order valence-corrected chi connectivity index (χ2v) is 6.77. The number of amides is 1. The summed E-state index contributed by atoms with van der Waals surface area (Å²) in [5.41, 5.74) is 3.66. The van der Waals surface area contributed by atoms with E-state index in [1.165, 1.54) is 11.3 Å². The lowest BCUT2D eigenvalue weighted by Gasteiger charge is -2.19. The van der Waals surface area contributed by atoms with E-state index >= 15 is 0 Å². The number of carbonyl (C=O) groups excluding carboxylic acids is 1. The first kappa shape index (κ1) is 14.9. The molecule has 0 radical (unpaired) electrons. The van der Waals surface area contributed by atoms with E-state index in [0.717, 1.165) is 23.5 Å². The summed E-state index contributed by atoms with van der Waals surface area (Å²) >= 11 is 1.59. The van der Waals surface area contributed by atoms with Crippen molar-refractivity contribution in [2.24, 2.45) is 0 Å². The van der Waals surface area contributed by atoms with Crippen molar-refractivity contribution < 1.29 is 4.79 Å². The Morgan fingerprint density at radius 2 is 2.08 bits per heavy atom. The van der Waals surface area contributed by atoms with E-state index in [9.17, 15) is 4.79 Å². The van der Waals surface area contributed by atoms with Gasteiger partial charge in [-0.1, -0.05) is 24.3 Å². The van der Waals surface area contributed by atoms with Gasteiger partial charge < -0.3 is 10.2 Å². The van der Waals surface area contributed by atoms with Crippen molar-refractivity contribution in [2.45, 2.75) is 12.8 Å². The lowest BCUT2D eigenvalue weighted by Crippen LogP contribution is -2.16. The number of thiophene rings is 1. The van der Waals surface area contributed by atoms with Crippen molar-refractivity contribution in [3.05, 3.63) is 70.5 Å². The van der Waals surface area contributed by atoms with E-state index in [2.05, 4.69) is 39.5 Å². The maximum atomic E-state index is 12.0. The molecule has 1 aliphatic rings. The zero-order valence-electron chi connectivity index (χ0n) is 13.1. The summed E-state index contributed by atoms with van der Waals surface area (Å²) in [5, 5.41) is 4.83. The number of aromatic nitrogens is 1. The van der Waals surface area contributed by atoms with Crippen LogP contribution in [0.1, 0.15) is 10.4 Å². The topological polar surface area (TPSA) is 45.2 Å². The molecular formula is C19H17N3OS. The number of hydrogen-bond donors (Lipinski definition) is 1. The molecule has 3 aromatic rings. The van der Waals surface area contributed by atoms with Crippen molar-refractivity contribution >= 4 is 34.4 Å². The van der Waals surface area contributed by atoms with Crippen LogP contribution in [0.3, 0.4) is 0 Å². The van der Waals surface area contributed by atoms with E-state index in [4.69, 9.17) is 0 Å².